The standard InChI is InChI=1S/C47H33N3/c1-47(2)39-24-11-9-21-35(39)36-27-28-38-44(30-15-5-3-6-16-30)48-46(49-45(38)43(36)47)32-18-13-17-31(29-32)34-23-14-26-41-42(34)37-22-10-12-25-40(37)50(41)33-19-7-4-8-20-33/h3-29H,1-2H3. The zero-order chi connectivity index (χ0) is 33.4. The fraction of sp³-hybridized carbons (Fsp3) is 0.0638. The number of fused-ring (bicyclic) bond motifs is 8. The molecule has 1 aliphatic rings. The Bertz CT molecular complexity index is 2770. The molecule has 2 aromatic heterocycles. The summed E-state index contributed by atoms with van der Waals surface area (Å²) in [6, 6.07) is 58.6. The van der Waals surface area contributed by atoms with Crippen LogP contribution in [0.25, 0.3) is 83.3 Å². The highest BCUT2D eigenvalue weighted by Crippen LogP contribution is 2.51. The van der Waals surface area contributed by atoms with E-state index in [9.17, 15) is 0 Å². The van der Waals surface area contributed by atoms with Gasteiger partial charge in [-0.05, 0) is 69.8 Å². The maximum atomic E-state index is 5.46. The van der Waals surface area contributed by atoms with Crippen LogP contribution in [0.5, 0.6) is 0 Å². The van der Waals surface area contributed by atoms with Gasteiger partial charge >= 0.3 is 0 Å². The minimum Gasteiger partial charge on any atom is -0.309 e. The number of aromatic nitrogens is 3. The summed E-state index contributed by atoms with van der Waals surface area (Å²) in [5.74, 6) is 0.734. The molecule has 2 heterocycles. The first-order valence-corrected chi connectivity index (χ1v) is 17.3. The third-order valence-electron chi connectivity index (χ3n) is 10.6. The minimum atomic E-state index is -0.199. The van der Waals surface area contributed by atoms with E-state index in [1.54, 1.807) is 0 Å². The van der Waals surface area contributed by atoms with Crippen molar-refractivity contribution in [2.24, 2.45) is 0 Å². The Kier molecular flexibility index (Phi) is 6.22. The van der Waals surface area contributed by atoms with Crippen molar-refractivity contribution < 1.29 is 0 Å². The van der Waals surface area contributed by atoms with E-state index >= 15 is 0 Å². The van der Waals surface area contributed by atoms with Gasteiger partial charge < -0.3 is 4.57 Å². The average molecular weight is 640 g/mol. The van der Waals surface area contributed by atoms with Gasteiger partial charge in [-0.2, -0.15) is 0 Å². The van der Waals surface area contributed by atoms with E-state index in [1.165, 1.54) is 49.6 Å². The Balaban J connectivity index is 1.21. The van der Waals surface area contributed by atoms with Crippen LogP contribution in [0.15, 0.2) is 164 Å². The van der Waals surface area contributed by atoms with E-state index in [1.807, 2.05) is 0 Å². The van der Waals surface area contributed by atoms with E-state index < -0.39 is 0 Å². The summed E-state index contributed by atoms with van der Waals surface area (Å²) in [7, 11) is 0. The SMILES string of the molecule is CC1(C)c2ccccc2-c2ccc3c(-c4ccccc4)nc(-c4cccc(-c5cccc6c5c5ccccc5n6-c5ccccc5)c4)nc3c21. The lowest BCUT2D eigenvalue weighted by Crippen LogP contribution is -2.16. The molecule has 0 amide bonds. The van der Waals surface area contributed by atoms with E-state index in [0.717, 1.165) is 44.8 Å². The van der Waals surface area contributed by atoms with E-state index in [-0.39, 0.29) is 5.41 Å². The Morgan fingerprint density at radius 3 is 2.00 bits per heavy atom. The smallest absolute Gasteiger partial charge is 0.160 e. The molecule has 3 nitrogen and oxygen atoms in total. The Morgan fingerprint density at radius 1 is 0.480 bits per heavy atom. The molecule has 3 heteroatoms. The lowest BCUT2D eigenvalue weighted by molar-refractivity contribution is 0.664. The number of hydrogen-bond donors (Lipinski definition) is 0. The van der Waals surface area contributed by atoms with Gasteiger partial charge in [-0.1, -0.05) is 141 Å². The molecule has 10 rings (SSSR count). The van der Waals surface area contributed by atoms with Crippen molar-refractivity contribution in [2.45, 2.75) is 19.3 Å². The van der Waals surface area contributed by atoms with Crippen molar-refractivity contribution in [3.63, 3.8) is 0 Å². The monoisotopic (exact) mass is 639 g/mol. The Hall–Kier alpha value is -6.32. The predicted molar refractivity (Wildman–Crippen MR) is 208 cm³/mol. The van der Waals surface area contributed by atoms with Crippen LogP contribution in [0.1, 0.15) is 25.0 Å². The normalized spacial score (nSPS) is 13.2. The van der Waals surface area contributed by atoms with Crippen LogP contribution in [0.2, 0.25) is 0 Å². The number of rotatable bonds is 4. The summed E-state index contributed by atoms with van der Waals surface area (Å²) in [5, 5.41) is 3.55. The number of benzene rings is 7. The summed E-state index contributed by atoms with van der Waals surface area (Å²) in [6.45, 7) is 4.66. The number of nitrogens with zero attached hydrogens (tertiary/aromatic N) is 3. The molecule has 0 saturated heterocycles. The first-order valence-electron chi connectivity index (χ1n) is 17.3. The Labute approximate surface area is 291 Å². The topological polar surface area (TPSA) is 30.7 Å². The van der Waals surface area contributed by atoms with Gasteiger partial charge in [-0.3, -0.25) is 0 Å². The second kappa shape index (κ2) is 10.8. The highest BCUT2D eigenvalue weighted by Gasteiger charge is 2.37. The van der Waals surface area contributed by atoms with Crippen molar-refractivity contribution in [1.82, 2.24) is 14.5 Å². The molecule has 0 aliphatic heterocycles. The third-order valence-corrected chi connectivity index (χ3v) is 10.6. The van der Waals surface area contributed by atoms with Gasteiger partial charge in [0.2, 0.25) is 0 Å². The van der Waals surface area contributed by atoms with E-state index in [2.05, 4.69) is 182 Å². The molecule has 1 aliphatic carbocycles. The average Bonchev–Trinajstić information content (AvgIpc) is 3.64. The highest BCUT2D eigenvalue weighted by atomic mass is 15.0. The maximum Gasteiger partial charge on any atom is 0.160 e. The van der Waals surface area contributed by atoms with Crippen LogP contribution in [0.3, 0.4) is 0 Å². The molecule has 236 valence electrons. The second-order valence-corrected chi connectivity index (χ2v) is 13.8. The number of hydrogen-bond acceptors (Lipinski definition) is 2. The van der Waals surface area contributed by atoms with Gasteiger partial charge in [0.25, 0.3) is 0 Å². The quantitative estimate of drug-likeness (QED) is 0.192. The number of para-hydroxylation sites is 2. The Morgan fingerprint density at radius 2 is 1.14 bits per heavy atom. The molecule has 0 atom stereocenters. The summed E-state index contributed by atoms with van der Waals surface area (Å²) >= 11 is 0. The van der Waals surface area contributed by atoms with E-state index in [0.29, 0.717) is 0 Å². The van der Waals surface area contributed by atoms with Crippen molar-refractivity contribution >= 4 is 32.7 Å². The third kappa shape index (κ3) is 4.17. The van der Waals surface area contributed by atoms with Crippen LogP contribution in [0, 0.1) is 0 Å². The minimum absolute atomic E-state index is 0.199. The van der Waals surface area contributed by atoms with Crippen LogP contribution in [0.4, 0.5) is 0 Å². The van der Waals surface area contributed by atoms with E-state index in [4.69, 9.17) is 9.97 Å². The molecule has 0 saturated carbocycles. The first kappa shape index (κ1) is 28.7. The summed E-state index contributed by atoms with van der Waals surface area (Å²) in [5.41, 5.74) is 14.9. The van der Waals surface area contributed by atoms with Crippen LogP contribution >= 0.6 is 0 Å². The predicted octanol–water partition coefficient (Wildman–Crippen LogP) is 12.0. The van der Waals surface area contributed by atoms with Gasteiger partial charge in [-0.15, -0.1) is 0 Å². The molecule has 0 bridgehead atoms. The van der Waals surface area contributed by atoms with Gasteiger partial charge in [0, 0.05) is 38.4 Å². The lowest BCUT2D eigenvalue weighted by atomic mass is 9.81. The summed E-state index contributed by atoms with van der Waals surface area (Å²) < 4.78 is 2.37. The van der Waals surface area contributed by atoms with Crippen LogP contribution in [-0.2, 0) is 5.41 Å². The molecule has 9 aromatic rings. The van der Waals surface area contributed by atoms with Gasteiger partial charge in [0.05, 0.1) is 22.2 Å². The molecular weight excluding hydrogens is 607 g/mol. The van der Waals surface area contributed by atoms with Gasteiger partial charge in [-0.25, -0.2) is 9.97 Å². The first-order chi connectivity index (χ1) is 24.6. The van der Waals surface area contributed by atoms with Gasteiger partial charge in [0.1, 0.15) is 0 Å². The fourth-order valence-electron chi connectivity index (χ4n) is 8.34. The fourth-order valence-corrected chi connectivity index (χ4v) is 8.34. The maximum absolute atomic E-state index is 5.46. The van der Waals surface area contributed by atoms with Gasteiger partial charge in [0.15, 0.2) is 5.82 Å². The molecule has 0 radical (unpaired) electrons. The van der Waals surface area contributed by atoms with Crippen molar-refractivity contribution in [1.29, 1.82) is 0 Å². The highest BCUT2D eigenvalue weighted by molar-refractivity contribution is 6.16. The molecule has 0 fully saturated rings. The molecule has 7 aromatic carbocycles. The summed E-state index contributed by atoms with van der Waals surface area (Å²) in [6.07, 6.45) is 0. The van der Waals surface area contributed by atoms with Crippen molar-refractivity contribution in [2.75, 3.05) is 0 Å². The van der Waals surface area contributed by atoms with Crippen LogP contribution in [-0.4, -0.2) is 14.5 Å². The van der Waals surface area contributed by atoms with Crippen molar-refractivity contribution in [3.05, 3.63) is 175 Å². The molecule has 0 spiro atoms. The molecule has 50 heavy (non-hydrogen) atoms. The summed E-state index contributed by atoms with van der Waals surface area (Å²) in [4.78, 5) is 10.8. The molecule has 0 N–H and O–H groups in total. The largest absolute Gasteiger partial charge is 0.309 e. The molecule has 0 unspecified atom stereocenters. The zero-order valence-electron chi connectivity index (χ0n) is 27.9. The van der Waals surface area contributed by atoms with Crippen molar-refractivity contribution in [3.8, 4) is 50.6 Å². The molecular formula is C47H33N3. The lowest BCUT2D eigenvalue weighted by Gasteiger charge is -2.23. The van der Waals surface area contributed by atoms with Crippen LogP contribution < -0.4 is 0 Å². The zero-order valence-corrected chi connectivity index (χ0v) is 27.9. The second-order valence-electron chi connectivity index (χ2n) is 13.8.